The largest absolute Gasteiger partial charge is 0.396 e. The zero-order valence-electron chi connectivity index (χ0n) is 12.4. The van der Waals surface area contributed by atoms with Crippen LogP contribution in [0.2, 0.25) is 0 Å². The van der Waals surface area contributed by atoms with E-state index >= 15 is 0 Å². The van der Waals surface area contributed by atoms with E-state index in [0.717, 1.165) is 25.5 Å². The molecule has 0 aromatic heterocycles. The highest BCUT2D eigenvalue weighted by Crippen LogP contribution is 2.33. The lowest BCUT2D eigenvalue weighted by Crippen LogP contribution is -2.24. The average Bonchev–Trinajstić information content (AvgIpc) is 2.85. The van der Waals surface area contributed by atoms with Gasteiger partial charge in [-0.3, -0.25) is 10.1 Å². The lowest BCUT2D eigenvalue weighted by molar-refractivity contribution is -0.387. The normalized spacial score (nSPS) is 21.7. The molecule has 1 aliphatic rings. The molecule has 0 saturated heterocycles. The number of nitro benzene ring substituents is 1. The molecule has 0 aliphatic heterocycles. The van der Waals surface area contributed by atoms with Crippen LogP contribution < -0.4 is 5.32 Å². The Morgan fingerprint density at radius 1 is 1.41 bits per heavy atom. The number of benzene rings is 1. The number of nitrogens with one attached hydrogen (secondary N) is 1. The monoisotopic (exact) mass is 328 g/mol. The summed E-state index contributed by atoms with van der Waals surface area (Å²) in [7, 11) is -3.68. The fourth-order valence-corrected chi connectivity index (χ4v) is 3.87. The molecule has 22 heavy (non-hydrogen) atoms. The number of hydrogen-bond acceptors (Lipinski definition) is 6. The van der Waals surface area contributed by atoms with Crippen LogP contribution in [0, 0.1) is 16.0 Å². The van der Waals surface area contributed by atoms with Gasteiger partial charge in [0.05, 0.1) is 4.92 Å². The van der Waals surface area contributed by atoms with Crippen LogP contribution in [0.1, 0.15) is 25.7 Å². The summed E-state index contributed by atoms with van der Waals surface area (Å²) < 4.78 is 23.5. The van der Waals surface area contributed by atoms with Gasteiger partial charge in [0.15, 0.2) is 9.84 Å². The number of sulfone groups is 1. The van der Waals surface area contributed by atoms with Gasteiger partial charge in [0.2, 0.25) is 0 Å². The molecule has 0 radical (unpaired) electrons. The molecule has 8 heteroatoms. The zero-order valence-corrected chi connectivity index (χ0v) is 13.2. The van der Waals surface area contributed by atoms with Crippen LogP contribution >= 0.6 is 0 Å². The molecule has 0 heterocycles. The van der Waals surface area contributed by atoms with Crippen LogP contribution in [0.5, 0.6) is 0 Å². The number of nitrogens with zero attached hydrogens (tertiary/aromatic N) is 1. The molecule has 1 aromatic rings. The molecular formula is C14H20N2O5S. The summed E-state index contributed by atoms with van der Waals surface area (Å²) in [5.74, 6) is 0.335. The summed E-state index contributed by atoms with van der Waals surface area (Å²) in [4.78, 5) is 9.99. The van der Waals surface area contributed by atoms with Crippen molar-refractivity contribution in [2.75, 3.05) is 18.2 Å². The molecule has 1 saturated carbocycles. The van der Waals surface area contributed by atoms with Gasteiger partial charge in [-0.25, -0.2) is 8.42 Å². The Hall–Kier alpha value is -1.67. The molecule has 0 amide bonds. The van der Waals surface area contributed by atoms with Crippen molar-refractivity contribution in [1.29, 1.82) is 0 Å². The third-order valence-electron chi connectivity index (χ3n) is 4.07. The van der Waals surface area contributed by atoms with Gasteiger partial charge in [-0.2, -0.15) is 0 Å². The van der Waals surface area contributed by atoms with Gasteiger partial charge in [0.25, 0.3) is 5.69 Å². The van der Waals surface area contributed by atoms with E-state index < -0.39 is 20.4 Å². The zero-order chi connectivity index (χ0) is 16.3. The fraction of sp³-hybridized carbons (Fsp3) is 0.571. The van der Waals surface area contributed by atoms with Gasteiger partial charge in [-0.1, -0.05) is 6.42 Å². The third-order valence-corrected chi connectivity index (χ3v) is 5.19. The molecule has 2 N–H and O–H groups in total. The topological polar surface area (TPSA) is 110 Å². The molecule has 2 atom stereocenters. The summed E-state index contributed by atoms with van der Waals surface area (Å²) in [5.41, 5.74) is 0.146. The van der Waals surface area contributed by atoms with E-state index in [9.17, 15) is 18.5 Å². The molecule has 0 spiro atoms. The van der Waals surface area contributed by atoms with Crippen LogP contribution in [0.3, 0.4) is 0 Å². The van der Waals surface area contributed by atoms with Crippen molar-refractivity contribution in [3.8, 4) is 0 Å². The minimum atomic E-state index is -3.68. The number of aliphatic hydroxyl groups is 1. The standard InChI is InChI=1S/C14H20N2O5S/c1-22(20,21)14-9-11(5-6-13(14)16(18)19)15-12-4-2-3-10(12)7-8-17/h5-6,9-10,12,15,17H,2-4,7-8H2,1H3. The van der Waals surface area contributed by atoms with Crippen molar-refractivity contribution >= 4 is 21.2 Å². The fourth-order valence-electron chi connectivity index (χ4n) is 3.00. The highest BCUT2D eigenvalue weighted by atomic mass is 32.2. The van der Waals surface area contributed by atoms with Crippen molar-refractivity contribution in [2.24, 2.45) is 5.92 Å². The Morgan fingerprint density at radius 3 is 2.73 bits per heavy atom. The molecule has 122 valence electrons. The second-order valence-electron chi connectivity index (χ2n) is 5.67. The Kier molecular flexibility index (Phi) is 5.02. The van der Waals surface area contributed by atoms with Crippen LogP contribution in [0.15, 0.2) is 23.1 Å². The molecule has 2 unspecified atom stereocenters. The second kappa shape index (κ2) is 6.62. The van der Waals surface area contributed by atoms with E-state index in [-0.39, 0.29) is 17.5 Å². The van der Waals surface area contributed by atoms with E-state index in [1.807, 2.05) is 0 Å². The van der Waals surface area contributed by atoms with Crippen LogP contribution in [0.25, 0.3) is 0 Å². The Balaban J connectivity index is 2.28. The summed E-state index contributed by atoms with van der Waals surface area (Å²) in [5, 5.41) is 23.3. The predicted octanol–water partition coefficient (Wildman–Crippen LogP) is 1.96. The molecule has 7 nitrogen and oxygen atoms in total. The van der Waals surface area contributed by atoms with Crippen molar-refractivity contribution in [1.82, 2.24) is 0 Å². The van der Waals surface area contributed by atoms with Crippen LogP contribution in [-0.4, -0.2) is 37.4 Å². The first-order valence-corrected chi connectivity index (χ1v) is 9.08. The third kappa shape index (κ3) is 3.75. The highest BCUT2D eigenvalue weighted by molar-refractivity contribution is 7.90. The van der Waals surface area contributed by atoms with Crippen molar-refractivity contribution in [3.63, 3.8) is 0 Å². The SMILES string of the molecule is CS(=O)(=O)c1cc(NC2CCCC2CCO)ccc1[N+](=O)[O-]. The molecule has 2 rings (SSSR count). The maximum atomic E-state index is 11.7. The van der Waals surface area contributed by atoms with Gasteiger partial charge in [-0.05, 0) is 37.3 Å². The minimum Gasteiger partial charge on any atom is -0.396 e. The first kappa shape index (κ1) is 16.7. The molecule has 1 aromatic carbocycles. The number of hydrogen-bond donors (Lipinski definition) is 2. The summed E-state index contributed by atoms with van der Waals surface area (Å²) in [6, 6.07) is 4.22. The number of rotatable bonds is 6. The van der Waals surface area contributed by atoms with E-state index in [4.69, 9.17) is 5.11 Å². The molecular weight excluding hydrogens is 308 g/mol. The van der Waals surface area contributed by atoms with Gasteiger partial charge in [0.1, 0.15) is 4.90 Å². The first-order valence-electron chi connectivity index (χ1n) is 7.19. The number of nitro groups is 1. The summed E-state index contributed by atoms with van der Waals surface area (Å²) in [6.07, 6.45) is 4.67. The predicted molar refractivity (Wildman–Crippen MR) is 82.7 cm³/mol. The number of anilines is 1. The molecule has 1 aliphatic carbocycles. The minimum absolute atomic E-state index is 0.123. The van der Waals surface area contributed by atoms with Crippen LogP contribution in [-0.2, 0) is 9.84 Å². The second-order valence-corrected chi connectivity index (χ2v) is 7.65. The van der Waals surface area contributed by atoms with Gasteiger partial charge < -0.3 is 10.4 Å². The average molecular weight is 328 g/mol. The summed E-state index contributed by atoms with van der Waals surface area (Å²) in [6.45, 7) is 0.123. The molecule has 0 bridgehead atoms. The van der Waals surface area contributed by atoms with E-state index in [1.165, 1.54) is 18.2 Å². The van der Waals surface area contributed by atoms with E-state index in [1.54, 1.807) is 0 Å². The van der Waals surface area contributed by atoms with Crippen molar-refractivity contribution in [2.45, 2.75) is 36.6 Å². The maximum absolute atomic E-state index is 11.7. The number of aliphatic hydroxyl groups excluding tert-OH is 1. The Labute approximate surface area is 129 Å². The summed E-state index contributed by atoms with van der Waals surface area (Å²) >= 11 is 0. The van der Waals surface area contributed by atoms with Crippen molar-refractivity contribution < 1.29 is 18.4 Å². The van der Waals surface area contributed by atoms with Gasteiger partial charge in [0, 0.05) is 30.7 Å². The van der Waals surface area contributed by atoms with E-state index in [0.29, 0.717) is 18.0 Å². The van der Waals surface area contributed by atoms with Crippen molar-refractivity contribution in [3.05, 3.63) is 28.3 Å². The maximum Gasteiger partial charge on any atom is 0.288 e. The smallest absolute Gasteiger partial charge is 0.288 e. The Bertz CT molecular complexity index is 659. The lowest BCUT2D eigenvalue weighted by atomic mass is 10.00. The van der Waals surface area contributed by atoms with Gasteiger partial charge >= 0.3 is 0 Å². The lowest BCUT2D eigenvalue weighted by Gasteiger charge is -2.21. The quantitative estimate of drug-likeness (QED) is 0.610. The van der Waals surface area contributed by atoms with E-state index in [2.05, 4.69) is 5.32 Å². The molecule has 1 fully saturated rings. The Morgan fingerprint density at radius 2 is 2.14 bits per heavy atom. The van der Waals surface area contributed by atoms with Crippen LogP contribution in [0.4, 0.5) is 11.4 Å². The first-order chi connectivity index (χ1) is 10.3. The highest BCUT2D eigenvalue weighted by Gasteiger charge is 2.28. The van der Waals surface area contributed by atoms with Gasteiger partial charge in [-0.15, -0.1) is 0 Å².